The van der Waals surface area contributed by atoms with Crippen molar-refractivity contribution in [3.05, 3.63) is 34.9 Å². The third-order valence-electron chi connectivity index (χ3n) is 3.64. The molecule has 1 rings (SSSR count). The number of aliphatic hydroxyl groups is 1. The van der Waals surface area contributed by atoms with Crippen LogP contribution < -0.4 is 5.32 Å². The minimum absolute atomic E-state index is 0.0204. The number of carboxylic acids is 1. The van der Waals surface area contributed by atoms with E-state index in [1.807, 2.05) is 32.0 Å². The Labute approximate surface area is 125 Å². The second-order valence-electron chi connectivity index (χ2n) is 5.27. The largest absolute Gasteiger partial charge is 0.481 e. The molecule has 5 heteroatoms. The average molecular weight is 295 g/mol. The fourth-order valence-electron chi connectivity index (χ4n) is 2.18. The van der Waals surface area contributed by atoms with Crippen LogP contribution in [0.2, 0.25) is 0 Å². The number of benzene rings is 1. The minimum Gasteiger partial charge on any atom is -0.481 e. The summed E-state index contributed by atoms with van der Waals surface area (Å²) in [6, 6.07) is 5.50. The van der Waals surface area contributed by atoms with Crippen molar-refractivity contribution in [3.63, 3.8) is 0 Å². The first-order chi connectivity index (χ1) is 9.95. The zero-order valence-electron chi connectivity index (χ0n) is 12.9. The van der Waals surface area contributed by atoms with Gasteiger partial charge in [0.25, 0.3) is 0 Å². The molecule has 118 valence electrons. The number of aliphatic carboxylic acids is 1. The Morgan fingerprint density at radius 2 is 2.05 bits per heavy atom. The van der Waals surface area contributed by atoms with Gasteiger partial charge in [0.1, 0.15) is 0 Å². The van der Waals surface area contributed by atoms with E-state index in [-0.39, 0.29) is 12.5 Å². The lowest BCUT2D eigenvalue weighted by molar-refractivity contribution is -0.137. The molecule has 5 nitrogen and oxygen atoms in total. The fraction of sp³-hybridized carbons (Fsp3) is 0.562. The van der Waals surface area contributed by atoms with Crippen LogP contribution in [-0.2, 0) is 9.53 Å². The number of methoxy groups -OCH3 is 1. The molecule has 0 radical (unpaired) electrons. The summed E-state index contributed by atoms with van der Waals surface area (Å²) in [4.78, 5) is 10.8. The van der Waals surface area contributed by atoms with Crippen LogP contribution in [0.4, 0.5) is 0 Å². The number of nitrogens with one attached hydrogen (secondary N) is 1. The molecule has 0 aliphatic heterocycles. The summed E-state index contributed by atoms with van der Waals surface area (Å²) in [7, 11) is 1.60. The maximum atomic E-state index is 10.8. The lowest BCUT2D eigenvalue weighted by Crippen LogP contribution is -2.37. The van der Waals surface area contributed by atoms with Crippen molar-refractivity contribution in [1.82, 2.24) is 5.32 Å². The van der Waals surface area contributed by atoms with E-state index in [9.17, 15) is 9.90 Å². The van der Waals surface area contributed by atoms with Crippen molar-refractivity contribution in [3.8, 4) is 0 Å². The summed E-state index contributed by atoms with van der Waals surface area (Å²) in [5.74, 6) is -0.860. The Morgan fingerprint density at radius 1 is 1.33 bits per heavy atom. The zero-order chi connectivity index (χ0) is 15.8. The van der Waals surface area contributed by atoms with Crippen LogP contribution in [0.1, 0.15) is 35.6 Å². The molecule has 0 aliphatic carbocycles. The first-order valence-electron chi connectivity index (χ1n) is 7.15. The molecule has 2 unspecified atom stereocenters. The number of carbonyl (C=O) groups is 1. The molecule has 3 N–H and O–H groups in total. The van der Waals surface area contributed by atoms with E-state index in [2.05, 4.69) is 5.32 Å². The van der Waals surface area contributed by atoms with Crippen molar-refractivity contribution in [2.45, 2.75) is 38.8 Å². The number of hydrogen-bond donors (Lipinski definition) is 3. The highest BCUT2D eigenvalue weighted by molar-refractivity contribution is 5.66. The normalized spacial score (nSPS) is 13.9. The molecule has 0 saturated heterocycles. The molecule has 0 fully saturated rings. The second kappa shape index (κ2) is 8.77. The number of aryl methyl sites for hydroxylation is 2. The molecule has 0 aromatic heterocycles. The Morgan fingerprint density at radius 3 is 2.62 bits per heavy atom. The predicted molar refractivity (Wildman–Crippen MR) is 81.4 cm³/mol. The van der Waals surface area contributed by atoms with E-state index in [1.165, 1.54) is 5.56 Å². The summed E-state index contributed by atoms with van der Waals surface area (Å²) >= 11 is 0. The van der Waals surface area contributed by atoms with E-state index < -0.39 is 12.1 Å². The van der Waals surface area contributed by atoms with Crippen molar-refractivity contribution in [2.24, 2.45) is 0 Å². The smallest absolute Gasteiger partial charge is 0.303 e. The van der Waals surface area contributed by atoms with Gasteiger partial charge in [-0.25, -0.2) is 0 Å². The Bertz CT molecular complexity index is 462. The summed E-state index contributed by atoms with van der Waals surface area (Å²) in [6.45, 7) is 5.10. The van der Waals surface area contributed by atoms with Crippen LogP contribution in [0.3, 0.4) is 0 Å². The lowest BCUT2D eigenvalue weighted by atomic mass is 9.95. The van der Waals surface area contributed by atoms with E-state index in [4.69, 9.17) is 9.84 Å². The molecule has 2 atom stereocenters. The van der Waals surface area contributed by atoms with Gasteiger partial charge in [-0.3, -0.25) is 4.79 Å². The van der Waals surface area contributed by atoms with E-state index in [0.29, 0.717) is 19.6 Å². The topological polar surface area (TPSA) is 78.8 Å². The summed E-state index contributed by atoms with van der Waals surface area (Å²) in [5.41, 5.74) is 3.08. The second-order valence-corrected chi connectivity index (χ2v) is 5.27. The Balaban J connectivity index is 2.78. The maximum Gasteiger partial charge on any atom is 0.303 e. The molecule has 1 aromatic rings. The van der Waals surface area contributed by atoms with Crippen molar-refractivity contribution in [1.29, 1.82) is 0 Å². The minimum atomic E-state index is -0.860. The van der Waals surface area contributed by atoms with Crippen molar-refractivity contribution in [2.75, 3.05) is 20.3 Å². The van der Waals surface area contributed by atoms with Gasteiger partial charge < -0.3 is 20.3 Å². The number of hydrogen-bond acceptors (Lipinski definition) is 4. The Hall–Kier alpha value is -1.43. The summed E-state index contributed by atoms with van der Waals surface area (Å²) in [6.07, 6.45) is -0.347. The number of aliphatic hydroxyl groups excluding tert-OH is 1. The highest BCUT2D eigenvalue weighted by atomic mass is 16.5. The van der Waals surface area contributed by atoms with Gasteiger partial charge in [0.05, 0.1) is 12.7 Å². The van der Waals surface area contributed by atoms with Crippen LogP contribution in [0.15, 0.2) is 18.2 Å². The quantitative estimate of drug-likeness (QED) is 0.606. The Kier molecular flexibility index (Phi) is 7.36. The standard InChI is InChI=1S/C16H25NO4/c1-11-4-5-13(10-12(11)2)16(20)14(6-7-15(18)19)17-8-9-21-3/h4-5,10,14,16-17,20H,6-9H2,1-3H3,(H,18,19). The van der Waals surface area contributed by atoms with Gasteiger partial charge in [-0.15, -0.1) is 0 Å². The molecule has 0 aliphatic rings. The first-order valence-corrected chi connectivity index (χ1v) is 7.15. The number of rotatable bonds is 9. The van der Waals surface area contributed by atoms with Crippen LogP contribution in [0.25, 0.3) is 0 Å². The average Bonchev–Trinajstić information content (AvgIpc) is 2.44. The van der Waals surface area contributed by atoms with Crippen molar-refractivity contribution >= 4 is 5.97 Å². The van der Waals surface area contributed by atoms with Crippen LogP contribution in [0.5, 0.6) is 0 Å². The maximum absolute atomic E-state index is 10.8. The molecule has 0 spiro atoms. The predicted octanol–water partition coefficient (Wildman–Crippen LogP) is 1.81. The first kappa shape index (κ1) is 17.6. The molecule has 0 bridgehead atoms. The van der Waals surface area contributed by atoms with E-state index in [1.54, 1.807) is 7.11 Å². The molecule has 1 aromatic carbocycles. The molecule has 21 heavy (non-hydrogen) atoms. The van der Waals surface area contributed by atoms with Gasteiger partial charge in [0, 0.05) is 26.1 Å². The highest BCUT2D eigenvalue weighted by Crippen LogP contribution is 2.22. The van der Waals surface area contributed by atoms with Gasteiger partial charge in [-0.05, 0) is 37.0 Å². The summed E-state index contributed by atoms with van der Waals surface area (Å²) < 4.78 is 4.98. The fourth-order valence-corrected chi connectivity index (χ4v) is 2.18. The molecule has 0 amide bonds. The van der Waals surface area contributed by atoms with Crippen LogP contribution in [0, 0.1) is 13.8 Å². The highest BCUT2D eigenvalue weighted by Gasteiger charge is 2.21. The lowest BCUT2D eigenvalue weighted by Gasteiger charge is -2.24. The van der Waals surface area contributed by atoms with Crippen molar-refractivity contribution < 1.29 is 19.7 Å². The van der Waals surface area contributed by atoms with Gasteiger partial charge in [-0.2, -0.15) is 0 Å². The van der Waals surface area contributed by atoms with Gasteiger partial charge in [-0.1, -0.05) is 18.2 Å². The third-order valence-corrected chi connectivity index (χ3v) is 3.64. The third kappa shape index (κ3) is 5.83. The molecule has 0 saturated carbocycles. The van der Waals surface area contributed by atoms with Gasteiger partial charge >= 0.3 is 5.97 Å². The van der Waals surface area contributed by atoms with E-state index >= 15 is 0 Å². The number of ether oxygens (including phenoxy) is 1. The SMILES string of the molecule is COCCNC(CCC(=O)O)C(O)c1ccc(C)c(C)c1. The van der Waals surface area contributed by atoms with Gasteiger partial charge in [0.15, 0.2) is 0 Å². The van der Waals surface area contributed by atoms with Crippen LogP contribution >= 0.6 is 0 Å². The number of carboxylic acid groups (broad SMARTS) is 1. The van der Waals surface area contributed by atoms with E-state index in [0.717, 1.165) is 11.1 Å². The molecule has 0 heterocycles. The molecular weight excluding hydrogens is 270 g/mol. The zero-order valence-corrected chi connectivity index (χ0v) is 12.9. The van der Waals surface area contributed by atoms with Gasteiger partial charge in [0.2, 0.25) is 0 Å². The summed E-state index contributed by atoms with van der Waals surface area (Å²) in [5, 5.41) is 22.5. The monoisotopic (exact) mass is 295 g/mol. The molecular formula is C16H25NO4. The van der Waals surface area contributed by atoms with Crippen LogP contribution in [-0.4, -0.2) is 42.5 Å².